The fraction of sp³-hybridized carbons (Fsp3) is 0.0270. The lowest BCUT2D eigenvalue weighted by molar-refractivity contribution is 0.0733. The number of aromatic hydroxyl groups is 1. The lowest BCUT2D eigenvalue weighted by Gasteiger charge is -2.08. The fourth-order valence-corrected chi connectivity index (χ4v) is 3.89. The van der Waals surface area contributed by atoms with Gasteiger partial charge >= 0.3 is 11.9 Å². The highest BCUT2D eigenvalue weighted by molar-refractivity contribution is 5.93. The molecule has 0 aliphatic rings. The Hall–Kier alpha value is -6.46. The molecule has 8 heteroatoms. The van der Waals surface area contributed by atoms with Crippen molar-refractivity contribution in [2.24, 2.45) is 9.98 Å². The third-order valence-corrected chi connectivity index (χ3v) is 6.20. The summed E-state index contributed by atoms with van der Waals surface area (Å²) in [6.07, 6.45) is 5.89. The second-order valence-electron chi connectivity index (χ2n) is 9.48. The van der Waals surface area contributed by atoms with Crippen LogP contribution in [-0.2, 0) is 0 Å². The number of rotatable bonds is 9. The first-order chi connectivity index (χ1) is 21.9. The van der Waals surface area contributed by atoms with Crippen LogP contribution in [0.25, 0.3) is 0 Å². The first-order valence-corrected chi connectivity index (χ1v) is 13.8. The number of hydrogen-bond acceptors (Lipinski definition) is 8. The molecule has 0 aliphatic carbocycles. The smallest absolute Gasteiger partial charge is 0.343 e. The minimum Gasteiger partial charge on any atom is -0.508 e. The van der Waals surface area contributed by atoms with Gasteiger partial charge in [-0.15, -0.1) is 0 Å². The van der Waals surface area contributed by atoms with Crippen LogP contribution in [0.5, 0.6) is 23.0 Å². The highest BCUT2D eigenvalue weighted by atomic mass is 16.5. The van der Waals surface area contributed by atoms with Crippen molar-refractivity contribution in [2.75, 3.05) is 0 Å². The molecule has 5 aromatic carbocycles. The molecule has 0 radical (unpaired) electrons. The van der Waals surface area contributed by atoms with Gasteiger partial charge < -0.3 is 19.3 Å². The van der Waals surface area contributed by atoms with E-state index < -0.39 is 11.9 Å². The number of ether oxygens (including phenoxy) is 3. The van der Waals surface area contributed by atoms with E-state index in [-0.39, 0.29) is 17.2 Å². The van der Waals surface area contributed by atoms with Gasteiger partial charge in [0.1, 0.15) is 29.1 Å². The van der Waals surface area contributed by atoms with E-state index in [1.165, 1.54) is 6.07 Å². The topological polar surface area (TPSA) is 107 Å². The van der Waals surface area contributed by atoms with E-state index in [0.717, 1.165) is 16.8 Å². The SMILES string of the molecule is CC#COc1ccc(N=Cc2ccc(C(=O)Oc3cccc(OC(=O)c4ccc(C=Nc5ccc(O)cc5)cc4)c3)cc2)cc1. The van der Waals surface area contributed by atoms with Gasteiger partial charge in [-0.25, -0.2) is 9.59 Å². The van der Waals surface area contributed by atoms with Crippen LogP contribution in [0.15, 0.2) is 131 Å². The van der Waals surface area contributed by atoms with Gasteiger partial charge in [-0.05, 0) is 96.1 Å². The van der Waals surface area contributed by atoms with Gasteiger partial charge in [0.15, 0.2) is 0 Å². The minimum absolute atomic E-state index is 0.168. The molecule has 0 fully saturated rings. The molecule has 0 amide bonds. The Morgan fingerprint density at radius 1 is 0.622 bits per heavy atom. The summed E-state index contributed by atoms with van der Waals surface area (Å²) in [5, 5.41) is 9.38. The Morgan fingerprint density at radius 3 is 1.56 bits per heavy atom. The van der Waals surface area contributed by atoms with Gasteiger partial charge in [0, 0.05) is 25.4 Å². The first kappa shape index (κ1) is 30.0. The molecule has 5 aromatic rings. The maximum absolute atomic E-state index is 12.8. The quantitative estimate of drug-likeness (QED) is 0.0812. The molecule has 0 bridgehead atoms. The largest absolute Gasteiger partial charge is 0.508 e. The summed E-state index contributed by atoms with van der Waals surface area (Å²) in [7, 11) is 0. The van der Waals surface area contributed by atoms with Crippen molar-refractivity contribution in [3.63, 3.8) is 0 Å². The maximum Gasteiger partial charge on any atom is 0.343 e. The minimum atomic E-state index is -0.562. The van der Waals surface area contributed by atoms with E-state index in [2.05, 4.69) is 22.0 Å². The summed E-state index contributed by atoms with van der Waals surface area (Å²) < 4.78 is 16.2. The van der Waals surface area contributed by atoms with Crippen LogP contribution < -0.4 is 14.2 Å². The van der Waals surface area contributed by atoms with Gasteiger partial charge in [0.25, 0.3) is 0 Å². The molecule has 0 unspecified atom stereocenters. The average molecular weight is 595 g/mol. The van der Waals surface area contributed by atoms with Gasteiger partial charge in [-0.2, -0.15) is 0 Å². The van der Waals surface area contributed by atoms with Crippen LogP contribution in [-0.4, -0.2) is 29.5 Å². The standard InChI is InChI=1S/C37H26N2O6/c1-2-22-43-33-20-16-31(17-21-33)39-25-27-8-12-29(13-9-27)37(42)45-35-5-3-4-34(23-35)44-36(41)28-10-6-26(7-11-28)24-38-30-14-18-32(40)19-15-30/h3-21,23-25,40H,1H3. The second-order valence-corrected chi connectivity index (χ2v) is 9.48. The van der Waals surface area contributed by atoms with Crippen LogP contribution in [0.1, 0.15) is 38.8 Å². The van der Waals surface area contributed by atoms with Crippen molar-refractivity contribution < 1.29 is 28.9 Å². The molecule has 0 aromatic heterocycles. The number of phenols is 1. The maximum atomic E-state index is 12.8. The summed E-state index contributed by atoms with van der Waals surface area (Å²) in [6, 6.07) is 33.6. The monoisotopic (exact) mass is 594 g/mol. The number of phenolic OH excluding ortho intramolecular Hbond substituents is 1. The van der Waals surface area contributed by atoms with Crippen LogP contribution in [0.3, 0.4) is 0 Å². The lowest BCUT2D eigenvalue weighted by atomic mass is 10.1. The van der Waals surface area contributed by atoms with Crippen molar-refractivity contribution in [3.05, 3.63) is 144 Å². The molecule has 0 saturated carbocycles. The van der Waals surface area contributed by atoms with Crippen molar-refractivity contribution >= 4 is 35.7 Å². The number of nitrogens with zero attached hydrogens (tertiary/aromatic N) is 2. The van der Waals surface area contributed by atoms with E-state index in [1.54, 1.807) is 122 Å². The highest BCUT2D eigenvalue weighted by Crippen LogP contribution is 2.23. The number of aliphatic imine (C=N–C) groups is 2. The van der Waals surface area contributed by atoms with Crippen molar-refractivity contribution in [3.8, 4) is 35.0 Å². The molecule has 1 N–H and O–H groups in total. The van der Waals surface area contributed by atoms with Gasteiger partial charge in [0.2, 0.25) is 0 Å². The van der Waals surface area contributed by atoms with Crippen LogP contribution >= 0.6 is 0 Å². The third kappa shape index (κ3) is 8.77. The van der Waals surface area contributed by atoms with Gasteiger partial charge in [0.05, 0.1) is 22.5 Å². The Balaban J connectivity index is 1.14. The summed E-state index contributed by atoms with van der Waals surface area (Å²) >= 11 is 0. The molecular weight excluding hydrogens is 568 g/mol. The van der Waals surface area contributed by atoms with Crippen molar-refractivity contribution in [1.82, 2.24) is 0 Å². The first-order valence-electron chi connectivity index (χ1n) is 13.8. The lowest BCUT2D eigenvalue weighted by Crippen LogP contribution is -2.10. The number of carbonyl (C=O) groups is 2. The number of esters is 2. The summed E-state index contributed by atoms with van der Waals surface area (Å²) in [5.41, 5.74) is 3.71. The van der Waals surface area contributed by atoms with E-state index in [9.17, 15) is 14.7 Å². The molecule has 220 valence electrons. The predicted molar refractivity (Wildman–Crippen MR) is 172 cm³/mol. The molecule has 0 aliphatic heterocycles. The molecule has 45 heavy (non-hydrogen) atoms. The van der Waals surface area contributed by atoms with Crippen molar-refractivity contribution in [1.29, 1.82) is 0 Å². The molecule has 5 rings (SSSR count). The Labute approximate surface area is 259 Å². The van der Waals surface area contributed by atoms with Crippen molar-refractivity contribution in [2.45, 2.75) is 6.92 Å². The normalized spacial score (nSPS) is 10.7. The van der Waals surface area contributed by atoms with Crippen LogP contribution in [0.2, 0.25) is 0 Å². The van der Waals surface area contributed by atoms with E-state index in [0.29, 0.717) is 22.6 Å². The van der Waals surface area contributed by atoms with E-state index in [1.807, 2.05) is 12.1 Å². The van der Waals surface area contributed by atoms with Crippen LogP contribution in [0.4, 0.5) is 11.4 Å². The summed E-state index contributed by atoms with van der Waals surface area (Å²) in [6.45, 7) is 1.70. The zero-order chi connectivity index (χ0) is 31.4. The number of hydrogen-bond donors (Lipinski definition) is 1. The second kappa shape index (κ2) is 14.6. The molecular formula is C37H26N2O6. The fourth-order valence-electron chi connectivity index (χ4n) is 3.89. The van der Waals surface area contributed by atoms with Gasteiger partial charge in [-0.3, -0.25) is 9.98 Å². The number of carbonyl (C=O) groups excluding carboxylic acids is 2. The number of benzene rings is 5. The van der Waals surface area contributed by atoms with Gasteiger partial charge in [-0.1, -0.05) is 36.3 Å². The summed E-state index contributed by atoms with van der Waals surface area (Å²) in [5.74, 6) is 2.81. The predicted octanol–water partition coefficient (Wildman–Crippen LogP) is 7.69. The zero-order valence-corrected chi connectivity index (χ0v) is 24.1. The van der Waals surface area contributed by atoms with E-state index >= 15 is 0 Å². The molecule has 0 saturated heterocycles. The Kier molecular flexibility index (Phi) is 9.75. The van der Waals surface area contributed by atoms with Crippen LogP contribution in [0, 0.1) is 12.0 Å². The molecule has 0 spiro atoms. The average Bonchev–Trinajstić information content (AvgIpc) is 3.07. The zero-order valence-electron chi connectivity index (χ0n) is 24.1. The third-order valence-electron chi connectivity index (χ3n) is 6.20. The Morgan fingerprint density at radius 2 is 1.09 bits per heavy atom. The molecule has 0 atom stereocenters. The highest BCUT2D eigenvalue weighted by Gasteiger charge is 2.12. The summed E-state index contributed by atoms with van der Waals surface area (Å²) in [4.78, 5) is 34.2. The molecule has 8 nitrogen and oxygen atoms in total. The Bertz CT molecular complexity index is 1900. The molecule has 0 heterocycles. The van der Waals surface area contributed by atoms with E-state index in [4.69, 9.17) is 14.2 Å².